The number of terminal acetylenes is 1. The van der Waals surface area contributed by atoms with E-state index in [0.29, 0.717) is 39.9 Å². The predicted molar refractivity (Wildman–Crippen MR) is 399 cm³/mol. The highest BCUT2D eigenvalue weighted by Gasteiger charge is 2.27. The number of hydrogen-bond acceptors (Lipinski definition) is 9. The largest absolute Gasteiger partial charge is 0.478 e. The Hall–Kier alpha value is -9.08. The third-order valence-corrected chi connectivity index (χ3v) is 17.5. The van der Waals surface area contributed by atoms with E-state index in [2.05, 4.69) is 130 Å². The highest BCUT2D eigenvalue weighted by Crippen LogP contribution is 2.32. The number of nitrogens with two attached hydrogens (primary N) is 1. The summed E-state index contributed by atoms with van der Waals surface area (Å²) in [5.74, 6) is 9.73. The van der Waals surface area contributed by atoms with Crippen LogP contribution in [0.2, 0.25) is 0 Å². The number of benzene rings is 8. The number of nitrogens with one attached hydrogen (secondary N) is 2. The van der Waals surface area contributed by atoms with E-state index in [4.69, 9.17) is 31.4 Å². The van der Waals surface area contributed by atoms with Crippen LogP contribution in [-0.2, 0) is 51.2 Å². The summed E-state index contributed by atoms with van der Waals surface area (Å²) in [6.07, 6.45) is 16.9. The smallest absolute Gasteiger partial charge is 0.337 e. The molecular formula is C78H73Br2Cl2F2N7O7S. The number of carboxylic acid groups (broad SMARTS) is 1. The second-order valence-corrected chi connectivity index (χ2v) is 27.9. The number of nitrogens with zero attached hydrogens (tertiary/aromatic N) is 4. The van der Waals surface area contributed by atoms with Crippen molar-refractivity contribution in [3.8, 4) is 24.2 Å². The van der Waals surface area contributed by atoms with E-state index in [0.717, 1.165) is 128 Å². The van der Waals surface area contributed by atoms with Crippen LogP contribution in [0.3, 0.4) is 0 Å². The zero-order valence-electron chi connectivity index (χ0n) is 54.0. The molecule has 5 N–H and O–H groups in total. The molecule has 3 atom stereocenters. The molecule has 8 aromatic carbocycles. The minimum Gasteiger partial charge on any atom is -0.478 e. The molecule has 0 spiro atoms. The lowest BCUT2D eigenvalue weighted by Gasteiger charge is -2.26. The first-order valence-corrected chi connectivity index (χ1v) is 36.6. The molecule has 10 aromatic rings. The maximum Gasteiger partial charge on any atom is 0.337 e. The molecular weight excluding hydrogens is 1450 g/mol. The van der Waals surface area contributed by atoms with Crippen LogP contribution in [-0.4, -0.2) is 59.3 Å². The first kappa shape index (κ1) is 75.7. The highest BCUT2D eigenvalue weighted by molar-refractivity contribution is 9.10. The van der Waals surface area contributed by atoms with Gasteiger partial charge in [-0.3, -0.25) is 28.3 Å². The second kappa shape index (κ2) is 38.9. The number of hydrogen-bond donors (Lipinski definition) is 4. The molecule has 99 heavy (non-hydrogen) atoms. The summed E-state index contributed by atoms with van der Waals surface area (Å²) >= 11 is 6.65. The number of aromatic nitrogens is 4. The van der Waals surface area contributed by atoms with E-state index in [1.807, 2.05) is 81.9 Å². The Kier molecular flexibility index (Phi) is 29.7. The van der Waals surface area contributed by atoms with E-state index in [-0.39, 0.29) is 57.7 Å². The normalized spacial score (nSPS) is 15.5. The fraction of sp³-hybridized carbons (Fsp3) is 0.244. The van der Waals surface area contributed by atoms with Crippen LogP contribution >= 0.6 is 53.2 Å². The molecule has 14 rings (SSSR count). The van der Waals surface area contributed by atoms with Gasteiger partial charge in [-0.05, 0) is 178 Å². The number of piperidine rings is 2. The molecule has 2 saturated heterocycles. The number of fused-ring (bicyclic) bond motifs is 4. The molecule has 21 heteroatoms. The Bertz CT molecular complexity index is 4660. The number of nitrogen functional groups attached to an aromatic ring is 1. The summed E-state index contributed by atoms with van der Waals surface area (Å²) in [7, 11) is 7.36. The zero-order chi connectivity index (χ0) is 70.6. The third kappa shape index (κ3) is 23.8. The Balaban J connectivity index is 0.000000161. The number of carbonyl (C=O) groups excluding carboxylic acids is 2. The van der Waals surface area contributed by atoms with Gasteiger partial charge in [0.25, 0.3) is 11.1 Å². The lowest BCUT2D eigenvalue weighted by Crippen LogP contribution is -2.37. The summed E-state index contributed by atoms with van der Waals surface area (Å²) in [6, 6.07) is 59.0. The highest BCUT2D eigenvalue weighted by atomic mass is 79.9. The van der Waals surface area contributed by atoms with Gasteiger partial charge in [0.05, 0.1) is 27.4 Å². The Morgan fingerprint density at radius 3 is 1.47 bits per heavy atom. The monoisotopic (exact) mass is 1520 g/mol. The molecule has 14 nitrogen and oxygen atoms in total. The third-order valence-electron chi connectivity index (χ3n) is 16.5. The minimum atomic E-state index is -1.67. The van der Waals surface area contributed by atoms with E-state index >= 15 is 0 Å². The fourth-order valence-corrected chi connectivity index (χ4v) is 12.4. The van der Waals surface area contributed by atoms with Crippen LogP contribution in [0.1, 0.15) is 125 Å². The van der Waals surface area contributed by atoms with Crippen molar-refractivity contribution in [1.82, 2.24) is 29.7 Å². The molecule has 2 fully saturated rings. The summed E-state index contributed by atoms with van der Waals surface area (Å²) < 4.78 is 40.2. The van der Waals surface area contributed by atoms with Gasteiger partial charge in [0.2, 0.25) is 21.0 Å². The maximum absolute atomic E-state index is 13.4. The van der Waals surface area contributed by atoms with Crippen molar-refractivity contribution in [3.63, 3.8) is 0 Å². The molecule has 0 radical (unpaired) electrons. The molecule has 4 aliphatic rings. The van der Waals surface area contributed by atoms with Crippen molar-refractivity contribution < 1.29 is 32.5 Å². The average Bonchev–Trinajstić information content (AvgIpc) is 0.774. The van der Waals surface area contributed by atoms with Crippen molar-refractivity contribution in [2.24, 2.45) is 5.92 Å². The summed E-state index contributed by atoms with van der Waals surface area (Å²) in [4.78, 5) is 68.0. The van der Waals surface area contributed by atoms with Crippen molar-refractivity contribution in [2.75, 3.05) is 18.8 Å². The molecule has 4 aliphatic heterocycles. The Morgan fingerprint density at radius 1 is 0.566 bits per heavy atom. The summed E-state index contributed by atoms with van der Waals surface area (Å²) in [6.45, 7) is 3.23. The van der Waals surface area contributed by atoms with Gasteiger partial charge >= 0.3 is 5.97 Å². The van der Waals surface area contributed by atoms with Gasteiger partial charge in [-0.25, -0.2) is 27.8 Å². The van der Waals surface area contributed by atoms with Gasteiger partial charge < -0.3 is 21.5 Å². The average molecular weight is 1520 g/mol. The molecule has 0 aliphatic carbocycles. The fourth-order valence-electron chi connectivity index (χ4n) is 11.7. The standard InChI is InChI=1S/C27H21FN2O.C19H17BrN2O.C12H15NO.C8H5F.C7H6BrNO2.C5H9NO.Cl2OS/c28-23-10-4-8-20(17-23)11-12-21-13-14-24-25(18-21)29-26-22(9-5-15-30(26)27(24)31)16-19-6-2-1-3-7-19;20-15-8-9-16-17(12-15)21-18-14(7-4-10-22(18)19(16)23)11-13-5-2-1-3-6-13;14-12-11(7-4-8-13-12)9-10-5-2-1-3-6-10;1-2-7-4-3-5-8(9)6-7;8-4-1-2-5(7(10)11)6(9)3-4;7-5-3-1-2-4-6-5;1-4(2)3/h1-4,6-8,10,13-14,17-18,22H,5,9,15-16H2;1-3,5-6,8-9,12,14H,4,7,10-11H2;1-3,5-6,11H,4,7-9H2,(H,13,14);1,3-6H;1-3H,9H2,(H,10,11);1-4H2,(H,6,7);. The van der Waals surface area contributed by atoms with E-state index in [9.17, 15) is 32.8 Å². The Labute approximate surface area is 602 Å². The number of aromatic carboxylic acids is 1. The van der Waals surface area contributed by atoms with Crippen molar-refractivity contribution in [2.45, 2.75) is 102 Å². The molecule has 2 aromatic heterocycles. The number of carboxylic acids is 1. The molecule has 3 unspecified atom stereocenters. The SMILES string of the molecule is C#Cc1cccc(F)c1.Nc1cc(Br)ccc1C(=O)O.O=C1CCCCN1.O=C1NCCCC1Cc1ccccc1.O=S(Cl)Cl.O=c1c2ccc(Br)cc2nc2n1CCCC2Cc1ccccc1.O=c1c2ccc(C#Cc3cccc(F)c3)cc2nc2n1CCCC2Cc1ccccc1. The molecule has 510 valence electrons. The van der Waals surface area contributed by atoms with Crippen LogP contribution in [0.25, 0.3) is 21.8 Å². The topological polar surface area (TPSA) is 208 Å². The van der Waals surface area contributed by atoms with Crippen LogP contribution in [0, 0.1) is 41.7 Å². The molecule has 2 amide bonds. The summed E-state index contributed by atoms with van der Waals surface area (Å²) in [5, 5.41) is 15.5. The van der Waals surface area contributed by atoms with Crippen LogP contribution < -0.4 is 27.5 Å². The lowest BCUT2D eigenvalue weighted by atomic mass is 9.91. The number of rotatable bonds is 7. The van der Waals surface area contributed by atoms with Gasteiger partial charge in [-0.2, -0.15) is 0 Å². The van der Waals surface area contributed by atoms with Crippen LogP contribution in [0.15, 0.2) is 213 Å². The van der Waals surface area contributed by atoms with Gasteiger partial charge in [0.15, 0.2) is 0 Å². The maximum atomic E-state index is 13.4. The van der Waals surface area contributed by atoms with E-state index in [1.54, 1.807) is 42.5 Å². The number of carbonyl (C=O) groups is 3. The second-order valence-electron chi connectivity index (χ2n) is 23.6. The quantitative estimate of drug-likeness (QED) is 0.0674. The Morgan fingerprint density at radius 2 is 1.02 bits per heavy atom. The van der Waals surface area contributed by atoms with Crippen LogP contribution in [0.5, 0.6) is 0 Å². The van der Waals surface area contributed by atoms with Crippen molar-refractivity contribution in [1.29, 1.82) is 0 Å². The van der Waals surface area contributed by atoms with Gasteiger partial charge in [0.1, 0.15) is 23.3 Å². The molecule has 0 bridgehead atoms. The first-order valence-electron chi connectivity index (χ1n) is 32.2. The zero-order valence-corrected chi connectivity index (χ0v) is 59.5. The summed E-state index contributed by atoms with van der Waals surface area (Å²) in [5.41, 5.74) is 13.1. The van der Waals surface area contributed by atoms with Gasteiger partial charge in [0, 0.05) is 103 Å². The number of anilines is 1. The molecule has 6 heterocycles. The van der Waals surface area contributed by atoms with Crippen molar-refractivity contribution in [3.05, 3.63) is 286 Å². The number of amides is 2. The van der Waals surface area contributed by atoms with Gasteiger partial charge in [-0.1, -0.05) is 153 Å². The van der Waals surface area contributed by atoms with Crippen LogP contribution in [0.4, 0.5) is 14.5 Å². The molecule has 0 saturated carbocycles. The number of halogens is 6. The predicted octanol–water partition coefficient (Wildman–Crippen LogP) is 16.0. The van der Waals surface area contributed by atoms with E-state index in [1.165, 1.54) is 47.0 Å². The van der Waals surface area contributed by atoms with Gasteiger partial charge in [-0.15, -0.1) is 6.42 Å². The van der Waals surface area contributed by atoms with Crippen molar-refractivity contribution >= 4 is 108 Å². The minimum absolute atomic E-state index is 0.0161. The van der Waals surface area contributed by atoms with E-state index < -0.39 is 15.2 Å². The lowest BCUT2D eigenvalue weighted by molar-refractivity contribution is -0.126. The first-order chi connectivity index (χ1) is 47.8.